The third-order valence-electron chi connectivity index (χ3n) is 4.89. The number of carbonyl (C=O) groups excluding carboxylic acids is 1. The SMILES string of the molecule is COCCN(C(=O)C(C)C1CNC1)C(C)c1cccc(C(F)(F)F)c1.Cl. The molecule has 1 amide bonds. The number of hydrogen-bond donors (Lipinski definition) is 1. The summed E-state index contributed by atoms with van der Waals surface area (Å²) in [4.78, 5) is 14.5. The van der Waals surface area contributed by atoms with Crippen molar-refractivity contribution >= 4 is 18.3 Å². The smallest absolute Gasteiger partial charge is 0.383 e. The van der Waals surface area contributed by atoms with Gasteiger partial charge in [0, 0.05) is 19.6 Å². The van der Waals surface area contributed by atoms with Crippen molar-refractivity contribution in [1.82, 2.24) is 10.2 Å². The molecule has 2 rings (SSSR count). The summed E-state index contributed by atoms with van der Waals surface area (Å²) >= 11 is 0. The van der Waals surface area contributed by atoms with Gasteiger partial charge in [-0.3, -0.25) is 4.79 Å². The molecule has 1 aromatic carbocycles. The third-order valence-corrected chi connectivity index (χ3v) is 4.89. The molecule has 0 radical (unpaired) electrons. The number of nitrogens with one attached hydrogen (secondary N) is 1. The van der Waals surface area contributed by atoms with Gasteiger partial charge in [-0.2, -0.15) is 13.2 Å². The fourth-order valence-corrected chi connectivity index (χ4v) is 2.97. The molecule has 1 saturated heterocycles. The second-order valence-electron chi connectivity index (χ2n) is 6.53. The lowest BCUT2D eigenvalue weighted by molar-refractivity contribution is -0.140. The first-order valence-electron chi connectivity index (χ1n) is 8.43. The number of hydrogen-bond acceptors (Lipinski definition) is 3. The van der Waals surface area contributed by atoms with E-state index >= 15 is 0 Å². The van der Waals surface area contributed by atoms with Crippen molar-refractivity contribution in [3.8, 4) is 0 Å². The van der Waals surface area contributed by atoms with E-state index in [0.29, 0.717) is 18.7 Å². The number of rotatable bonds is 7. The Hall–Kier alpha value is -1.31. The van der Waals surface area contributed by atoms with E-state index in [1.54, 1.807) is 17.9 Å². The maximum atomic E-state index is 13.0. The number of benzene rings is 1. The summed E-state index contributed by atoms with van der Waals surface area (Å²) in [5.41, 5.74) is -0.231. The molecule has 1 aromatic rings. The molecule has 1 fully saturated rings. The molecule has 4 nitrogen and oxygen atoms in total. The highest BCUT2D eigenvalue weighted by Gasteiger charge is 2.35. The van der Waals surface area contributed by atoms with Crippen molar-refractivity contribution in [3.05, 3.63) is 35.4 Å². The first kappa shape index (κ1) is 22.7. The minimum Gasteiger partial charge on any atom is -0.383 e. The number of amides is 1. The monoisotopic (exact) mass is 394 g/mol. The Kier molecular flexibility index (Phi) is 8.37. The van der Waals surface area contributed by atoms with Crippen molar-refractivity contribution in [3.63, 3.8) is 0 Å². The molecule has 0 aromatic heterocycles. The van der Waals surface area contributed by atoms with Crippen LogP contribution >= 0.6 is 12.4 Å². The summed E-state index contributed by atoms with van der Waals surface area (Å²) in [6, 6.07) is 4.71. The van der Waals surface area contributed by atoms with Crippen LogP contribution in [-0.2, 0) is 15.7 Å². The van der Waals surface area contributed by atoms with Crippen molar-refractivity contribution in [2.24, 2.45) is 11.8 Å². The zero-order valence-corrected chi connectivity index (χ0v) is 16.0. The largest absolute Gasteiger partial charge is 0.416 e. The molecule has 0 bridgehead atoms. The molecule has 1 aliphatic rings. The molecule has 0 spiro atoms. The lowest BCUT2D eigenvalue weighted by Gasteiger charge is -2.37. The van der Waals surface area contributed by atoms with Crippen molar-refractivity contribution < 1.29 is 22.7 Å². The van der Waals surface area contributed by atoms with Gasteiger partial charge in [0.25, 0.3) is 0 Å². The van der Waals surface area contributed by atoms with Crippen molar-refractivity contribution in [2.45, 2.75) is 26.1 Å². The van der Waals surface area contributed by atoms with Gasteiger partial charge < -0.3 is 15.0 Å². The van der Waals surface area contributed by atoms with Crippen LogP contribution in [0.5, 0.6) is 0 Å². The molecule has 1 N–H and O–H groups in total. The number of nitrogens with zero attached hydrogens (tertiary/aromatic N) is 1. The van der Waals surface area contributed by atoms with E-state index < -0.39 is 17.8 Å². The quantitative estimate of drug-likeness (QED) is 0.769. The van der Waals surface area contributed by atoms with Gasteiger partial charge in [-0.1, -0.05) is 19.1 Å². The van der Waals surface area contributed by atoms with E-state index in [0.717, 1.165) is 25.2 Å². The number of halogens is 4. The van der Waals surface area contributed by atoms with Crippen LogP contribution in [0.15, 0.2) is 24.3 Å². The second-order valence-corrected chi connectivity index (χ2v) is 6.53. The van der Waals surface area contributed by atoms with Crippen molar-refractivity contribution in [1.29, 1.82) is 0 Å². The van der Waals surface area contributed by atoms with Gasteiger partial charge in [0.15, 0.2) is 0 Å². The number of carbonyl (C=O) groups is 1. The van der Waals surface area contributed by atoms with Crippen LogP contribution in [0.4, 0.5) is 13.2 Å². The second kappa shape index (κ2) is 9.58. The Morgan fingerprint density at radius 2 is 2.00 bits per heavy atom. The topological polar surface area (TPSA) is 41.6 Å². The zero-order chi connectivity index (χ0) is 18.6. The van der Waals surface area contributed by atoms with Gasteiger partial charge >= 0.3 is 6.18 Å². The Morgan fingerprint density at radius 3 is 2.50 bits per heavy atom. The summed E-state index contributed by atoms with van der Waals surface area (Å²) in [6.45, 7) is 5.91. The van der Waals surface area contributed by atoms with Gasteiger partial charge in [0.1, 0.15) is 0 Å². The Labute approximate surface area is 158 Å². The molecule has 2 unspecified atom stereocenters. The fraction of sp³-hybridized carbons (Fsp3) is 0.611. The highest BCUT2D eigenvalue weighted by molar-refractivity contribution is 5.85. The highest BCUT2D eigenvalue weighted by Crippen LogP contribution is 2.32. The third kappa shape index (κ3) is 5.34. The molecule has 8 heteroatoms. The van der Waals surface area contributed by atoms with E-state index in [9.17, 15) is 18.0 Å². The lowest BCUT2D eigenvalue weighted by Crippen LogP contribution is -2.51. The molecule has 1 heterocycles. The van der Waals surface area contributed by atoms with Gasteiger partial charge in [-0.15, -0.1) is 12.4 Å². The Bertz CT molecular complexity index is 594. The van der Waals surface area contributed by atoms with E-state index in [2.05, 4.69) is 5.32 Å². The maximum absolute atomic E-state index is 13.0. The minimum atomic E-state index is -4.40. The molecule has 0 aliphatic carbocycles. The first-order chi connectivity index (χ1) is 11.8. The Morgan fingerprint density at radius 1 is 1.35 bits per heavy atom. The van der Waals surface area contributed by atoms with Crippen LogP contribution in [0.2, 0.25) is 0 Å². The normalized spacial score (nSPS) is 17.0. The van der Waals surface area contributed by atoms with Gasteiger partial charge in [0.05, 0.1) is 18.2 Å². The van der Waals surface area contributed by atoms with E-state index in [1.807, 2.05) is 6.92 Å². The van der Waals surface area contributed by atoms with Crippen LogP contribution < -0.4 is 5.32 Å². The number of methoxy groups -OCH3 is 1. The van der Waals surface area contributed by atoms with Gasteiger partial charge in [0.2, 0.25) is 5.91 Å². The first-order valence-corrected chi connectivity index (χ1v) is 8.43. The molecule has 0 saturated carbocycles. The van der Waals surface area contributed by atoms with E-state index in [1.165, 1.54) is 13.2 Å². The van der Waals surface area contributed by atoms with Crippen LogP contribution in [0, 0.1) is 11.8 Å². The number of ether oxygens (including phenoxy) is 1. The Balaban J connectivity index is 0.00000338. The molecule has 26 heavy (non-hydrogen) atoms. The standard InChI is InChI=1S/C18H25F3N2O2.ClH/c1-12(15-10-22-11-15)17(24)23(7-8-25-3)13(2)14-5-4-6-16(9-14)18(19,20)21;/h4-6,9,12-13,15,22H,7-8,10-11H2,1-3H3;1H. The molecular formula is C18H26ClF3N2O2. The van der Waals surface area contributed by atoms with Crippen LogP contribution in [0.25, 0.3) is 0 Å². The average Bonchev–Trinajstić information content (AvgIpc) is 2.52. The highest BCUT2D eigenvalue weighted by atomic mass is 35.5. The minimum absolute atomic E-state index is 0. The summed E-state index contributed by atoms with van der Waals surface area (Å²) in [6.07, 6.45) is -4.40. The lowest BCUT2D eigenvalue weighted by atomic mass is 9.87. The molecular weight excluding hydrogens is 369 g/mol. The predicted octanol–water partition coefficient (Wildman–Crippen LogP) is 3.52. The predicted molar refractivity (Wildman–Crippen MR) is 96.2 cm³/mol. The van der Waals surface area contributed by atoms with Gasteiger partial charge in [-0.25, -0.2) is 0 Å². The van der Waals surface area contributed by atoms with Gasteiger partial charge in [-0.05, 0) is 43.6 Å². The fourth-order valence-electron chi connectivity index (χ4n) is 2.97. The van der Waals surface area contributed by atoms with Crippen LogP contribution in [0.1, 0.15) is 31.0 Å². The summed E-state index contributed by atoms with van der Waals surface area (Å²) < 4.78 is 44.0. The van der Waals surface area contributed by atoms with Crippen LogP contribution in [0.3, 0.4) is 0 Å². The molecule has 1 aliphatic heterocycles. The van der Waals surface area contributed by atoms with E-state index in [4.69, 9.17) is 4.74 Å². The molecule has 148 valence electrons. The van der Waals surface area contributed by atoms with Crippen LogP contribution in [-0.4, -0.2) is 44.2 Å². The molecule has 2 atom stereocenters. The summed E-state index contributed by atoms with van der Waals surface area (Å²) in [5.74, 6) is 0.0473. The van der Waals surface area contributed by atoms with E-state index in [-0.39, 0.29) is 30.2 Å². The number of alkyl halides is 3. The maximum Gasteiger partial charge on any atom is 0.416 e. The average molecular weight is 395 g/mol. The summed E-state index contributed by atoms with van der Waals surface area (Å²) in [7, 11) is 1.54. The zero-order valence-electron chi connectivity index (χ0n) is 15.2. The summed E-state index contributed by atoms with van der Waals surface area (Å²) in [5, 5.41) is 3.14. The van der Waals surface area contributed by atoms with Crippen molar-refractivity contribution in [2.75, 3.05) is 33.4 Å².